The third-order valence-corrected chi connectivity index (χ3v) is 3.11. The lowest BCUT2D eigenvalue weighted by molar-refractivity contribution is -0.129. The van der Waals surface area contributed by atoms with E-state index in [1.165, 1.54) is 11.8 Å². The zero-order chi connectivity index (χ0) is 9.73. The predicted molar refractivity (Wildman–Crippen MR) is 46.9 cm³/mol. The van der Waals surface area contributed by atoms with Crippen molar-refractivity contribution in [2.24, 2.45) is 5.92 Å². The molecule has 0 aliphatic carbocycles. The Labute approximate surface area is 80.0 Å². The molecule has 1 atom stereocenters. The van der Waals surface area contributed by atoms with Gasteiger partial charge in [0, 0.05) is 12.4 Å². The first-order valence-corrected chi connectivity index (χ1v) is 5.45. The van der Waals surface area contributed by atoms with Crippen molar-refractivity contribution in [3.8, 4) is 0 Å². The summed E-state index contributed by atoms with van der Waals surface area (Å²) in [5.41, 5.74) is 0. The van der Waals surface area contributed by atoms with Gasteiger partial charge in [0.2, 0.25) is 0 Å². The fourth-order valence-electron chi connectivity index (χ4n) is 1.15. The number of ether oxygens (including phenoxy) is 1. The molecule has 0 bridgehead atoms. The molecular formula is C8H13F3OS. The van der Waals surface area contributed by atoms with Crippen LogP contribution in [0.2, 0.25) is 0 Å². The first kappa shape index (κ1) is 11.2. The quantitative estimate of drug-likeness (QED) is 0.665. The van der Waals surface area contributed by atoms with Crippen molar-refractivity contribution in [3.63, 3.8) is 0 Å². The van der Waals surface area contributed by atoms with Crippen molar-refractivity contribution in [1.82, 2.24) is 0 Å². The molecule has 13 heavy (non-hydrogen) atoms. The van der Waals surface area contributed by atoms with Crippen molar-refractivity contribution < 1.29 is 17.9 Å². The monoisotopic (exact) mass is 214 g/mol. The van der Waals surface area contributed by atoms with E-state index in [0.29, 0.717) is 5.92 Å². The van der Waals surface area contributed by atoms with Crippen LogP contribution in [0.15, 0.2) is 0 Å². The normalized spacial score (nSPS) is 23.8. The molecule has 1 rings (SSSR count). The molecule has 0 aromatic heterocycles. The molecular weight excluding hydrogens is 201 g/mol. The first-order valence-electron chi connectivity index (χ1n) is 4.30. The minimum atomic E-state index is -4.00. The van der Waals surface area contributed by atoms with Gasteiger partial charge in [-0.3, -0.25) is 0 Å². The van der Waals surface area contributed by atoms with E-state index in [1.807, 2.05) is 0 Å². The Kier molecular flexibility index (Phi) is 4.38. The minimum Gasteiger partial charge on any atom is -0.381 e. The molecule has 1 unspecified atom stereocenters. The highest BCUT2D eigenvalue weighted by Crippen LogP contribution is 2.24. The van der Waals surface area contributed by atoms with Gasteiger partial charge in [-0.05, 0) is 18.1 Å². The van der Waals surface area contributed by atoms with Gasteiger partial charge in [0.15, 0.2) is 0 Å². The van der Waals surface area contributed by atoms with E-state index in [-0.39, 0.29) is 5.75 Å². The second-order valence-electron chi connectivity index (χ2n) is 3.17. The van der Waals surface area contributed by atoms with Crippen molar-refractivity contribution in [1.29, 1.82) is 0 Å². The Balaban J connectivity index is 1.94. The smallest absolute Gasteiger partial charge is 0.381 e. The molecule has 78 valence electrons. The van der Waals surface area contributed by atoms with Crippen LogP contribution in [0, 0.1) is 5.92 Å². The number of thioether (sulfide) groups is 1. The molecule has 0 radical (unpaired) electrons. The molecule has 1 nitrogen and oxygen atoms in total. The van der Waals surface area contributed by atoms with E-state index < -0.39 is 12.6 Å². The molecule has 0 saturated carbocycles. The molecule has 1 fully saturated rings. The lowest BCUT2D eigenvalue weighted by atomic mass is 10.2. The predicted octanol–water partition coefficient (Wildman–Crippen LogP) is 2.71. The first-order chi connectivity index (χ1) is 6.08. The highest BCUT2D eigenvalue weighted by Gasteiger charge is 2.26. The Bertz CT molecular complexity index is 143. The van der Waals surface area contributed by atoms with Crippen LogP contribution >= 0.6 is 11.8 Å². The molecule has 1 aliphatic rings. The third-order valence-electron chi connectivity index (χ3n) is 1.91. The summed E-state index contributed by atoms with van der Waals surface area (Å²) in [5, 5.41) is 0. The molecule has 0 amide bonds. The van der Waals surface area contributed by atoms with Crippen LogP contribution in [0.25, 0.3) is 0 Å². The lowest BCUT2D eigenvalue weighted by Gasteiger charge is -2.08. The van der Waals surface area contributed by atoms with E-state index in [0.717, 1.165) is 25.4 Å². The Morgan fingerprint density at radius 1 is 1.38 bits per heavy atom. The van der Waals surface area contributed by atoms with Gasteiger partial charge >= 0.3 is 6.18 Å². The van der Waals surface area contributed by atoms with Gasteiger partial charge < -0.3 is 4.74 Å². The minimum absolute atomic E-state index is 0.181. The summed E-state index contributed by atoms with van der Waals surface area (Å²) < 4.78 is 40.3. The van der Waals surface area contributed by atoms with Gasteiger partial charge in [0.25, 0.3) is 0 Å². The molecule has 0 spiro atoms. The van der Waals surface area contributed by atoms with E-state index >= 15 is 0 Å². The standard InChI is InChI=1S/C8H13F3OS/c9-8(10,11)2-4-13-6-7-1-3-12-5-7/h7H,1-6H2. The van der Waals surface area contributed by atoms with Crippen molar-refractivity contribution in [2.45, 2.75) is 19.0 Å². The SMILES string of the molecule is FC(F)(F)CCSCC1CCOC1. The Morgan fingerprint density at radius 2 is 2.15 bits per heavy atom. The van der Waals surface area contributed by atoms with Crippen LogP contribution in [0.3, 0.4) is 0 Å². The van der Waals surface area contributed by atoms with Crippen molar-refractivity contribution in [3.05, 3.63) is 0 Å². The summed E-state index contributed by atoms with van der Waals surface area (Å²) in [6.07, 6.45) is -3.68. The van der Waals surface area contributed by atoms with Gasteiger partial charge in [-0.1, -0.05) is 0 Å². The van der Waals surface area contributed by atoms with Gasteiger partial charge in [-0.25, -0.2) is 0 Å². The summed E-state index contributed by atoms with van der Waals surface area (Å²) >= 11 is 1.38. The van der Waals surface area contributed by atoms with Crippen LogP contribution in [-0.4, -0.2) is 30.9 Å². The molecule has 0 aromatic carbocycles. The summed E-state index contributed by atoms with van der Waals surface area (Å²) in [5.74, 6) is 1.45. The maximum Gasteiger partial charge on any atom is 0.389 e. The lowest BCUT2D eigenvalue weighted by Crippen LogP contribution is -2.10. The second kappa shape index (κ2) is 5.10. The average Bonchev–Trinajstić information content (AvgIpc) is 2.48. The fourth-order valence-corrected chi connectivity index (χ4v) is 2.29. The van der Waals surface area contributed by atoms with Gasteiger partial charge in [0.05, 0.1) is 13.0 Å². The summed E-state index contributed by atoms with van der Waals surface area (Å²) in [6, 6.07) is 0. The van der Waals surface area contributed by atoms with Crippen LogP contribution in [0.5, 0.6) is 0 Å². The fraction of sp³-hybridized carbons (Fsp3) is 1.00. The van der Waals surface area contributed by atoms with E-state index in [2.05, 4.69) is 0 Å². The molecule has 5 heteroatoms. The van der Waals surface area contributed by atoms with Crippen LogP contribution in [0.1, 0.15) is 12.8 Å². The maximum absolute atomic E-state index is 11.7. The molecule has 1 aliphatic heterocycles. The third kappa shape index (κ3) is 5.41. The molecule has 1 heterocycles. The van der Waals surface area contributed by atoms with Crippen LogP contribution < -0.4 is 0 Å². The van der Waals surface area contributed by atoms with Crippen LogP contribution in [0.4, 0.5) is 13.2 Å². The van der Waals surface area contributed by atoms with E-state index in [9.17, 15) is 13.2 Å². The molecule has 1 saturated heterocycles. The number of hydrogen-bond acceptors (Lipinski definition) is 2. The molecule has 0 aromatic rings. The van der Waals surface area contributed by atoms with Crippen molar-refractivity contribution >= 4 is 11.8 Å². The molecule has 0 N–H and O–H groups in total. The summed E-state index contributed by atoms with van der Waals surface area (Å²) in [4.78, 5) is 0. The largest absolute Gasteiger partial charge is 0.389 e. The second-order valence-corrected chi connectivity index (χ2v) is 4.32. The highest BCUT2D eigenvalue weighted by molar-refractivity contribution is 7.99. The van der Waals surface area contributed by atoms with Crippen molar-refractivity contribution in [2.75, 3.05) is 24.7 Å². The zero-order valence-electron chi connectivity index (χ0n) is 7.27. The average molecular weight is 214 g/mol. The van der Waals surface area contributed by atoms with E-state index in [1.54, 1.807) is 0 Å². The van der Waals surface area contributed by atoms with E-state index in [4.69, 9.17) is 4.74 Å². The topological polar surface area (TPSA) is 9.23 Å². The number of rotatable bonds is 4. The maximum atomic E-state index is 11.7. The van der Waals surface area contributed by atoms with Gasteiger partial charge in [-0.15, -0.1) is 0 Å². The Morgan fingerprint density at radius 3 is 2.69 bits per heavy atom. The van der Waals surface area contributed by atoms with Crippen LogP contribution in [-0.2, 0) is 4.74 Å². The highest BCUT2D eigenvalue weighted by atomic mass is 32.2. The van der Waals surface area contributed by atoms with Gasteiger partial charge in [0.1, 0.15) is 0 Å². The summed E-state index contributed by atoms with van der Waals surface area (Å²) in [6.45, 7) is 1.49. The summed E-state index contributed by atoms with van der Waals surface area (Å²) in [7, 11) is 0. The Hall–Kier alpha value is 0.1000. The van der Waals surface area contributed by atoms with Gasteiger partial charge in [-0.2, -0.15) is 24.9 Å². The number of alkyl halides is 3. The number of halogens is 3. The zero-order valence-corrected chi connectivity index (χ0v) is 8.09. The number of hydrogen-bond donors (Lipinski definition) is 0.